The number of hydrogen-bond donors (Lipinski definition) is 1. The van der Waals surface area contributed by atoms with E-state index in [1.54, 1.807) is 13.2 Å². The molecule has 1 aromatic rings. The van der Waals surface area contributed by atoms with Gasteiger partial charge in [-0.1, -0.05) is 6.07 Å². The van der Waals surface area contributed by atoms with Crippen LogP contribution in [0.15, 0.2) is 18.2 Å². The number of amides is 1. The van der Waals surface area contributed by atoms with E-state index in [2.05, 4.69) is 0 Å². The maximum atomic E-state index is 11.9. The van der Waals surface area contributed by atoms with Gasteiger partial charge in [-0.2, -0.15) is 0 Å². The molecule has 5 heteroatoms. The van der Waals surface area contributed by atoms with Crippen LogP contribution in [0.25, 0.3) is 0 Å². The van der Waals surface area contributed by atoms with Crippen molar-refractivity contribution in [2.75, 3.05) is 33.9 Å². The minimum atomic E-state index is 0.139. The lowest BCUT2D eigenvalue weighted by atomic mass is 9.98. The number of carbonyl (C=O) groups excluding carboxylic acids is 1. The van der Waals surface area contributed by atoms with Gasteiger partial charge in [0, 0.05) is 26.6 Å². The van der Waals surface area contributed by atoms with Gasteiger partial charge in [0.1, 0.15) is 0 Å². The fourth-order valence-corrected chi connectivity index (χ4v) is 2.59. The van der Waals surface area contributed by atoms with Crippen molar-refractivity contribution in [1.29, 1.82) is 0 Å². The first-order chi connectivity index (χ1) is 9.63. The monoisotopic (exact) mass is 279 g/mol. The third kappa shape index (κ3) is 3.42. The number of ether oxygens (including phenoxy) is 2. The number of likely N-dealkylation sites (tertiary alicyclic amines) is 1. The summed E-state index contributed by atoms with van der Waals surface area (Å²) < 4.78 is 10.1. The maximum Gasteiger partial charge on any atom is 0.223 e. The Kier molecular flexibility index (Phi) is 4.84. The third-order valence-electron chi connectivity index (χ3n) is 3.63. The average molecular weight is 279 g/mol. The zero-order valence-corrected chi connectivity index (χ0v) is 12.0. The molecule has 1 N–H and O–H groups in total. The van der Waals surface area contributed by atoms with Crippen molar-refractivity contribution < 1.29 is 19.4 Å². The Balaban J connectivity index is 1.96. The summed E-state index contributed by atoms with van der Waals surface area (Å²) >= 11 is 0. The van der Waals surface area contributed by atoms with Gasteiger partial charge in [0.25, 0.3) is 0 Å². The van der Waals surface area contributed by atoms with Crippen molar-refractivity contribution in [1.82, 2.24) is 4.90 Å². The highest BCUT2D eigenvalue weighted by Gasteiger charge is 2.29. The first-order valence-electron chi connectivity index (χ1n) is 6.76. The minimum absolute atomic E-state index is 0.139. The SMILES string of the molecule is COCCN1C[C@@H](Cc2ccc(O)c(OC)c2)CC1=O. The topological polar surface area (TPSA) is 59.0 Å². The molecule has 1 aromatic carbocycles. The molecular formula is C15H21NO4. The van der Waals surface area contributed by atoms with Crippen molar-refractivity contribution in [3.8, 4) is 11.5 Å². The smallest absolute Gasteiger partial charge is 0.223 e. The van der Waals surface area contributed by atoms with E-state index in [0.717, 1.165) is 18.5 Å². The van der Waals surface area contributed by atoms with E-state index in [1.165, 1.54) is 7.11 Å². The molecule has 0 aromatic heterocycles. The Labute approximate surface area is 119 Å². The largest absolute Gasteiger partial charge is 0.504 e. The van der Waals surface area contributed by atoms with Crippen molar-refractivity contribution in [3.05, 3.63) is 23.8 Å². The van der Waals surface area contributed by atoms with E-state index in [-0.39, 0.29) is 11.7 Å². The summed E-state index contributed by atoms with van der Waals surface area (Å²) in [6.07, 6.45) is 1.39. The summed E-state index contributed by atoms with van der Waals surface area (Å²) in [5.41, 5.74) is 1.08. The lowest BCUT2D eigenvalue weighted by molar-refractivity contribution is -0.128. The number of methoxy groups -OCH3 is 2. The lowest BCUT2D eigenvalue weighted by Gasteiger charge is -2.16. The second kappa shape index (κ2) is 6.61. The molecule has 2 rings (SSSR count). The van der Waals surface area contributed by atoms with Crippen molar-refractivity contribution in [2.45, 2.75) is 12.8 Å². The molecule has 1 aliphatic rings. The van der Waals surface area contributed by atoms with Crippen LogP contribution in [0, 0.1) is 5.92 Å². The van der Waals surface area contributed by atoms with E-state index in [1.807, 2.05) is 17.0 Å². The molecule has 0 spiro atoms. The lowest BCUT2D eigenvalue weighted by Crippen LogP contribution is -2.28. The predicted molar refractivity (Wildman–Crippen MR) is 74.9 cm³/mol. The van der Waals surface area contributed by atoms with Gasteiger partial charge >= 0.3 is 0 Å². The van der Waals surface area contributed by atoms with Gasteiger partial charge in [0.2, 0.25) is 5.91 Å². The van der Waals surface area contributed by atoms with E-state index >= 15 is 0 Å². The molecule has 1 heterocycles. The van der Waals surface area contributed by atoms with Crippen molar-refractivity contribution in [2.24, 2.45) is 5.92 Å². The van der Waals surface area contributed by atoms with Crippen LogP contribution < -0.4 is 4.74 Å². The molecule has 0 bridgehead atoms. The Morgan fingerprint density at radius 2 is 2.20 bits per heavy atom. The summed E-state index contributed by atoms with van der Waals surface area (Å²) in [7, 11) is 3.17. The van der Waals surface area contributed by atoms with Crippen LogP contribution in [0.2, 0.25) is 0 Å². The summed E-state index contributed by atoms with van der Waals surface area (Å²) in [6.45, 7) is 2.00. The number of phenols is 1. The van der Waals surface area contributed by atoms with Crippen LogP contribution in [0.1, 0.15) is 12.0 Å². The second-order valence-electron chi connectivity index (χ2n) is 5.11. The minimum Gasteiger partial charge on any atom is -0.504 e. The molecule has 0 aliphatic carbocycles. The number of carbonyl (C=O) groups is 1. The Hall–Kier alpha value is -1.75. The molecule has 1 atom stereocenters. The summed E-state index contributed by atoms with van der Waals surface area (Å²) in [5.74, 6) is 1.12. The predicted octanol–water partition coefficient (Wildman–Crippen LogP) is 1.44. The molecule has 0 unspecified atom stereocenters. The fraction of sp³-hybridized carbons (Fsp3) is 0.533. The van der Waals surface area contributed by atoms with Gasteiger partial charge in [-0.3, -0.25) is 4.79 Å². The normalized spacial score (nSPS) is 18.6. The molecule has 20 heavy (non-hydrogen) atoms. The number of nitrogens with zero attached hydrogens (tertiary/aromatic N) is 1. The molecule has 110 valence electrons. The highest BCUT2D eigenvalue weighted by atomic mass is 16.5. The van der Waals surface area contributed by atoms with Crippen LogP contribution in [0.5, 0.6) is 11.5 Å². The van der Waals surface area contributed by atoms with Gasteiger partial charge in [-0.05, 0) is 30.0 Å². The van der Waals surface area contributed by atoms with Gasteiger partial charge in [0.15, 0.2) is 11.5 Å². The van der Waals surface area contributed by atoms with Gasteiger partial charge in [-0.25, -0.2) is 0 Å². The zero-order valence-electron chi connectivity index (χ0n) is 12.0. The number of benzene rings is 1. The first kappa shape index (κ1) is 14.7. The number of phenolic OH excluding ortho intramolecular Hbond substituents is 1. The van der Waals surface area contributed by atoms with E-state index in [9.17, 15) is 9.90 Å². The molecular weight excluding hydrogens is 258 g/mol. The van der Waals surface area contributed by atoms with Crippen LogP contribution in [0.3, 0.4) is 0 Å². The first-order valence-corrected chi connectivity index (χ1v) is 6.76. The molecule has 1 saturated heterocycles. The summed E-state index contributed by atoms with van der Waals surface area (Å²) in [5, 5.41) is 9.58. The second-order valence-corrected chi connectivity index (χ2v) is 5.11. The number of aromatic hydroxyl groups is 1. The van der Waals surface area contributed by atoms with Gasteiger partial charge < -0.3 is 19.5 Å². The fourth-order valence-electron chi connectivity index (χ4n) is 2.59. The van der Waals surface area contributed by atoms with Crippen LogP contribution in [-0.2, 0) is 16.0 Å². The average Bonchev–Trinajstić information content (AvgIpc) is 2.78. The quantitative estimate of drug-likeness (QED) is 0.856. The van der Waals surface area contributed by atoms with E-state index in [0.29, 0.717) is 31.2 Å². The van der Waals surface area contributed by atoms with Crippen molar-refractivity contribution in [3.63, 3.8) is 0 Å². The summed E-state index contributed by atoms with van der Waals surface area (Å²) in [6, 6.07) is 5.34. The van der Waals surface area contributed by atoms with Crippen molar-refractivity contribution >= 4 is 5.91 Å². The van der Waals surface area contributed by atoms with Gasteiger partial charge in [-0.15, -0.1) is 0 Å². The maximum absolute atomic E-state index is 11.9. The molecule has 0 saturated carbocycles. The highest BCUT2D eigenvalue weighted by molar-refractivity contribution is 5.78. The molecule has 0 radical (unpaired) electrons. The molecule has 1 fully saturated rings. The highest BCUT2D eigenvalue weighted by Crippen LogP contribution is 2.29. The van der Waals surface area contributed by atoms with E-state index in [4.69, 9.17) is 9.47 Å². The molecule has 1 amide bonds. The van der Waals surface area contributed by atoms with E-state index < -0.39 is 0 Å². The number of hydrogen-bond acceptors (Lipinski definition) is 4. The molecule has 5 nitrogen and oxygen atoms in total. The Morgan fingerprint density at radius 1 is 1.40 bits per heavy atom. The standard InChI is InChI=1S/C15H21NO4/c1-19-6-5-16-10-12(9-15(16)18)7-11-3-4-13(17)14(8-11)20-2/h3-4,8,12,17H,5-7,9-10H2,1-2H3/t12-/m0/s1. The van der Waals surface area contributed by atoms with Crippen LogP contribution >= 0.6 is 0 Å². The Bertz CT molecular complexity index is 475. The summed E-state index contributed by atoms with van der Waals surface area (Å²) in [4.78, 5) is 13.7. The molecule has 1 aliphatic heterocycles. The van der Waals surface area contributed by atoms with Crippen LogP contribution in [0.4, 0.5) is 0 Å². The zero-order chi connectivity index (χ0) is 14.5. The third-order valence-corrected chi connectivity index (χ3v) is 3.63. The van der Waals surface area contributed by atoms with Crippen LogP contribution in [-0.4, -0.2) is 49.8 Å². The number of rotatable bonds is 6. The van der Waals surface area contributed by atoms with Gasteiger partial charge in [0.05, 0.1) is 13.7 Å². The Morgan fingerprint density at radius 3 is 2.90 bits per heavy atom.